The number of carboxylic acids is 1. The van der Waals surface area contributed by atoms with Crippen LogP contribution in [-0.2, 0) is 14.3 Å². The van der Waals surface area contributed by atoms with Crippen molar-refractivity contribution in [3.63, 3.8) is 0 Å². The molecule has 0 saturated heterocycles. The van der Waals surface area contributed by atoms with Gasteiger partial charge in [-0.15, -0.1) is 0 Å². The Kier molecular flexibility index (Phi) is 7.41. The number of hydrogen-bond donors (Lipinski definition) is 3. The van der Waals surface area contributed by atoms with Crippen molar-refractivity contribution in [2.45, 2.75) is 58.5 Å². The molecule has 0 fully saturated rings. The molecule has 2 atom stereocenters. The summed E-state index contributed by atoms with van der Waals surface area (Å²) in [6.45, 7) is 7.61. The molecule has 0 aliphatic heterocycles. The molecule has 0 saturated carbocycles. The molecule has 1 aliphatic rings. The second-order valence-electron chi connectivity index (χ2n) is 9.80. The van der Waals surface area contributed by atoms with Crippen molar-refractivity contribution in [1.29, 1.82) is 0 Å². The number of carboxylic acid groups (broad SMARTS) is 1. The Bertz CT molecular complexity index is 982. The van der Waals surface area contributed by atoms with Gasteiger partial charge in [-0.2, -0.15) is 0 Å². The van der Waals surface area contributed by atoms with E-state index >= 15 is 0 Å². The van der Waals surface area contributed by atoms with Gasteiger partial charge in [-0.3, -0.25) is 4.79 Å². The molecule has 7 heteroatoms. The molecule has 0 bridgehead atoms. The van der Waals surface area contributed by atoms with E-state index in [0.717, 1.165) is 22.3 Å². The Morgan fingerprint density at radius 1 is 0.970 bits per heavy atom. The molecule has 7 nitrogen and oxygen atoms in total. The smallest absolute Gasteiger partial charge is 0.407 e. The first-order valence-electron chi connectivity index (χ1n) is 11.2. The standard InChI is InChI=1S/C26H32N2O5/c1-16(13-23(29)28-22(24(30)31)14-26(2,3)4)27-25(32)33-15-21-19-11-7-5-9-17(19)18-10-6-8-12-20(18)21/h5-12,16,21-22H,13-15H2,1-4H3,(H,27,32)(H,28,29)(H,30,31). The summed E-state index contributed by atoms with van der Waals surface area (Å²) >= 11 is 0. The summed E-state index contributed by atoms with van der Waals surface area (Å²) < 4.78 is 5.50. The number of ether oxygens (including phenoxy) is 1. The van der Waals surface area contributed by atoms with Crippen molar-refractivity contribution >= 4 is 18.0 Å². The van der Waals surface area contributed by atoms with Crippen LogP contribution in [-0.4, -0.2) is 41.8 Å². The third-order valence-corrected chi connectivity index (χ3v) is 5.65. The maximum Gasteiger partial charge on any atom is 0.407 e. The van der Waals surface area contributed by atoms with Gasteiger partial charge in [0, 0.05) is 18.4 Å². The summed E-state index contributed by atoms with van der Waals surface area (Å²) in [5.74, 6) is -1.55. The van der Waals surface area contributed by atoms with Gasteiger partial charge in [-0.1, -0.05) is 69.3 Å². The predicted molar refractivity (Wildman–Crippen MR) is 126 cm³/mol. The highest BCUT2D eigenvalue weighted by molar-refractivity contribution is 5.84. The fraction of sp³-hybridized carbons (Fsp3) is 0.423. The summed E-state index contributed by atoms with van der Waals surface area (Å²) in [5, 5.41) is 14.6. The fourth-order valence-electron chi connectivity index (χ4n) is 4.24. The first kappa shape index (κ1) is 24.3. The van der Waals surface area contributed by atoms with Crippen LogP contribution in [0.5, 0.6) is 0 Å². The minimum absolute atomic E-state index is 0.0435. The Morgan fingerprint density at radius 3 is 2.03 bits per heavy atom. The minimum atomic E-state index is -1.07. The third-order valence-electron chi connectivity index (χ3n) is 5.65. The number of rotatable bonds is 8. The molecular formula is C26H32N2O5. The van der Waals surface area contributed by atoms with Crippen LogP contribution in [0.25, 0.3) is 11.1 Å². The number of benzene rings is 2. The lowest BCUT2D eigenvalue weighted by Crippen LogP contribution is -2.45. The molecule has 0 radical (unpaired) electrons. The monoisotopic (exact) mass is 452 g/mol. The minimum Gasteiger partial charge on any atom is -0.480 e. The molecular weight excluding hydrogens is 420 g/mol. The molecule has 0 heterocycles. The largest absolute Gasteiger partial charge is 0.480 e. The van der Waals surface area contributed by atoms with Crippen LogP contribution in [0.15, 0.2) is 48.5 Å². The van der Waals surface area contributed by atoms with Gasteiger partial charge >= 0.3 is 12.1 Å². The quantitative estimate of drug-likeness (QED) is 0.554. The van der Waals surface area contributed by atoms with E-state index in [4.69, 9.17) is 4.74 Å². The summed E-state index contributed by atoms with van der Waals surface area (Å²) in [6.07, 6.45) is -0.345. The zero-order valence-corrected chi connectivity index (χ0v) is 19.6. The first-order valence-corrected chi connectivity index (χ1v) is 11.2. The van der Waals surface area contributed by atoms with E-state index in [9.17, 15) is 19.5 Å². The lowest BCUT2D eigenvalue weighted by Gasteiger charge is -2.24. The summed E-state index contributed by atoms with van der Waals surface area (Å²) in [5.41, 5.74) is 4.29. The molecule has 2 unspecified atom stereocenters. The number of hydrogen-bond acceptors (Lipinski definition) is 4. The Balaban J connectivity index is 1.52. The first-order chi connectivity index (χ1) is 15.5. The van der Waals surface area contributed by atoms with Gasteiger partial charge in [-0.25, -0.2) is 9.59 Å². The highest BCUT2D eigenvalue weighted by Crippen LogP contribution is 2.44. The van der Waals surface area contributed by atoms with E-state index in [-0.39, 0.29) is 24.4 Å². The Morgan fingerprint density at radius 2 is 1.52 bits per heavy atom. The van der Waals surface area contributed by atoms with Crippen LogP contribution >= 0.6 is 0 Å². The molecule has 3 rings (SSSR count). The fourth-order valence-corrected chi connectivity index (χ4v) is 4.24. The maximum atomic E-state index is 12.4. The van der Waals surface area contributed by atoms with Crippen LogP contribution in [0.2, 0.25) is 0 Å². The lowest BCUT2D eigenvalue weighted by molar-refractivity contribution is -0.142. The van der Waals surface area contributed by atoms with Gasteiger partial charge in [0.15, 0.2) is 0 Å². The van der Waals surface area contributed by atoms with Gasteiger partial charge in [0.25, 0.3) is 0 Å². The van der Waals surface area contributed by atoms with E-state index in [1.54, 1.807) is 6.92 Å². The van der Waals surface area contributed by atoms with E-state index in [0.29, 0.717) is 6.42 Å². The van der Waals surface area contributed by atoms with Gasteiger partial charge in [0.2, 0.25) is 5.91 Å². The van der Waals surface area contributed by atoms with Crippen LogP contribution < -0.4 is 10.6 Å². The zero-order chi connectivity index (χ0) is 24.2. The second-order valence-corrected chi connectivity index (χ2v) is 9.80. The topological polar surface area (TPSA) is 105 Å². The predicted octanol–water partition coefficient (Wildman–Crippen LogP) is 4.31. The Hall–Kier alpha value is -3.35. The van der Waals surface area contributed by atoms with Crippen molar-refractivity contribution in [2.24, 2.45) is 5.41 Å². The molecule has 2 aromatic rings. The van der Waals surface area contributed by atoms with Crippen LogP contribution in [0, 0.1) is 5.41 Å². The third kappa shape index (κ3) is 6.34. The van der Waals surface area contributed by atoms with E-state index in [1.165, 1.54) is 0 Å². The molecule has 0 spiro atoms. The number of fused-ring (bicyclic) bond motifs is 3. The number of nitrogens with one attached hydrogen (secondary N) is 2. The van der Waals surface area contributed by atoms with E-state index in [1.807, 2.05) is 57.2 Å². The normalized spacial score (nSPS) is 14.5. The van der Waals surface area contributed by atoms with Gasteiger partial charge in [-0.05, 0) is 41.0 Å². The number of amides is 2. The van der Waals surface area contributed by atoms with Crippen LogP contribution in [0.3, 0.4) is 0 Å². The zero-order valence-electron chi connectivity index (χ0n) is 19.6. The molecule has 2 amide bonds. The number of carbonyl (C=O) groups excluding carboxylic acids is 2. The average molecular weight is 453 g/mol. The average Bonchev–Trinajstić information content (AvgIpc) is 3.04. The SMILES string of the molecule is CC(CC(=O)NC(CC(C)(C)C)C(=O)O)NC(=O)OCC1c2ccccc2-c2ccccc21. The van der Waals surface area contributed by atoms with E-state index < -0.39 is 30.1 Å². The molecule has 176 valence electrons. The molecule has 3 N–H and O–H groups in total. The van der Waals surface area contributed by atoms with Crippen molar-refractivity contribution in [2.75, 3.05) is 6.61 Å². The Labute approximate surface area is 194 Å². The van der Waals surface area contributed by atoms with Crippen molar-refractivity contribution in [3.8, 4) is 11.1 Å². The highest BCUT2D eigenvalue weighted by Gasteiger charge is 2.30. The van der Waals surface area contributed by atoms with E-state index in [2.05, 4.69) is 22.8 Å². The number of alkyl carbamates (subject to hydrolysis) is 1. The summed E-state index contributed by atoms with van der Waals surface area (Å²) in [6, 6.07) is 14.7. The van der Waals surface area contributed by atoms with Crippen molar-refractivity contribution in [3.05, 3.63) is 59.7 Å². The lowest BCUT2D eigenvalue weighted by atomic mass is 9.88. The second kappa shape index (κ2) is 10.1. The van der Waals surface area contributed by atoms with Gasteiger partial charge in [0.05, 0.1) is 0 Å². The van der Waals surface area contributed by atoms with Crippen LogP contribution in [0.1, 0.15) is 57.6 Å². The molecule has 0 aromatic heterocycles. The number of carbonyl (C=O) groups is 3. The number of aliphatic carboxylic acids is 1. The van der Waals surface area contributed by atoms with Gasteiger partial charge < -0.3 is 20.5 Å². The van der Waals surface area contributed by atoms with Crippen molar-refractivity contribution < 1.29 is 24.2 Å². The van der Waals surface area contributed by atoms with Gasteiger partial charge in [0.1, 0.15) is 12.6 Å². The van der Waals surface area contributed by atoms with Crippen molar-refractivity contribution in [1.82, 2.24) is 10.6 Å². The van der Waals surface area contributed by atoms with Crippen LogP contribution in [0.4, 0.5) is 4.79 Å². The molecule has 1 aliphatic carbocycles. The maximum absolute atomic E-state index is 12.4. The highest BCUT2D eigenvalue weighted by atomic mass is 16.5. The summed E-state index contributed by atoms with van der Waals surface area (Å²) in [4.78, 5) is 36.1. The molecule has 33 heavy (non-hydrogen) atoms. The summed E-state index contributed by atoms with van der Waals surface area (Å²) in [7, 11) is 0. The molecule has 2 aromatic carbocycles.